The van der Waals surface area contributed by atoms with E-state index in [2.05, 4.69) is 71.4 Å². The normalized spacial score (nSPS) is 17.4. The second kappa shape index (κ2) is 4.36. The van der Waals surface area contributed by atoms with E-state index in [9.17, 15) is 0 Å². The molecule has 1 aliphatic carbocycles. The lowest BCUT2D eigenvalue weighted by molar-refractivity contribution is 0.379. The van der Waals surface area contributed by atoms with Gasteiger partial charge in [0.2, 0.25) is 0 Å². The molecule has 2 aromatic rings. The summed E-state index contributed by atoms with van der Waals surface area (Å²) < 4.78 is 0. The van der Waals surface area contributed by atoms with Gasteiger partial charge in [-0.2, -0.15) is 0 Å². The number of nitrogens with one attached hydrogen (secondary N) is 1. The highest BCUT2D eigenvalue weighted by Gasteiger charge is 2.26. The number of hydrogen-bond donors (Lipinski definition) is 1. The van der Waals surface area contributed by atoms with E-state index in [-0.39, 0.29) is 0 Å². The topological polar surface area (TPSA) is 18.5 Å². The van der Waals surface area contributed by atoms with Crippen molar-refractivity contribution in [3.8, 4) is 11.1 Å². The quantitative estimate of drug-likeness (QED) is 0.735. The number of hydrogen-bond acceptors (Lipinski definition) is 3. The van der Waals surface area contributed by atoms with Crippen LogP contribution in [0.1, 0.15) is 11.1 Å². The van der Waals surface area contributed by atoms with E-state index < -0.39 is 0 Å². The molecule has 0 radical (unpaired) electrons. The Morgan fingerprint density at radius 2 is 1.77 bits per heavy atom. The van der Waals surface area contributed by atoms with Gasteiger partial charge in [-0.1, -0.05) is 42.5 Å². The number of anilines is 1. The van der Waals surface area contributed by atoms with Crippen molar-refractivity contribution in [3.63, 3.8) is 0 Å². The molecule has 0 amide bonds. The van der Waals surface area contributed by atoms with Crippen LogP contribution in [0.25, 0.3) is 11.1 Å². The van der Waals surface area contributed by atoms with Crippen LogP contribution in [0.15, 0.2) is 78.8 Å². The summed E-state index contributed by atoms with van der Waals surface area (Å²) in [5.41, 5.74) is 11.3. The Balaban J connectivity index is 1.60. The molecule has 0 atom stereocenters. The number of hydrazine groups is 2. The minimum Gasteiger partial charge on any atom is -0.265 e. The zero-order valence-corrected chi connectivity index (χ0v) is 12.0. The van der Waals surface area contributed by atoms with E-state index in [1.165, 1.54) is 27.9 Å². The maximum atomic E-state index is 3.40. The molecule has 1 N–H and O–H groups in total. The van der Waals surface area contributed by atoms with E-state index in [0.29, 0.717) is 0 Å². The van der Waals surface area contributed by atoms with Gasteiger partial charge in [0.25, 0.3) is 0 Å². The lowest BCUT2D eigenvalue weighted by Gasteiger charge is -2.23. The molecule has 0 aromatic heterocycles. The minimum absolute atomic E-state index is 0.995. The molecular formula is C19H15N3. The van der Waals surface area contributed by atoms with Crippen LogP contribution >= 0.6 is 0 Å². The van der Waals surface area contributed by atoms with Gasteiger partial charge in [0, 0.05) is 18.8 Å². The molecule has 106 valence electrons. The molecule has 3 aliphatic rings. The first kappa shape index (κ1) is 11.8. The third kappa shape index (κ3) is 1.60. The fourth-order valence-corrected chi connectivity index (χ4v) is 3.42. The summed E-state index contributed by atoms with van der Waals surface area (Å²) in [6, 6.07) is 15.2. The van der Waals surface area contributed by atoms with Gasteiger partial charge in [0.1, 0.15) is 0 Å². The molecule has 0 bridgehead atoms. The lowest BCUT2D eigenvalue weighted by Crippen LogP contribution is -2.38. The molecule has 3 nitrogen and oxygen atoms in total. The monoisotopic (exact) mass is 285 g/mol. The molecule has 5 rings (SSSR count). The Kier molecular flexibility index (Phi) is 2.34. The first-order chi connectivity index (χ1) is 10.9. The van der Waals surface area contributed by atoms with Crippen molar-refractivity contribution in [2.45, 2.75) is 6.42 Å². The van der Waals surface area contributed by atoms with Crippen molar-refractivity contribution in [1.29, 1.82) is 0 Å². The third-order valence-electron chi connectivity index (χ3n) is 4.45. The largest absolute Gasteiger partial charge is 0.265 e. The van der Waals surface area contributed by atoms with Gasteiger partial charge in [-0.3, -0.25) is 10.0 Å². The van der Waals surface area contributed by atoms with Crippen LogP contribution in [0, 0.1) is 0 Å². The highest BCUT2D eigenvalue weighted by molar-refractivity contribution is 5.82. The van der Waals surface area contributed by atoms with Gasteiger partial charge < -0.3 is 0 Å². The molecule has 2 heterocycles. The highest BCUT2D eigenvalue weighted by atomic mass is 15.8. The predicted octanol–water partition coefficient (Wildman–Crippen LogP) is 3.72. The lowest BCUT2D eigenvalue weighted by atomic mass is 10.0. The molecule has 0 saturated heterocycles. The highest BCUT2D eigenvalue weighted by Crippen LogP contribution is 2.41. The molecule has 22 heavy (non-hydrogen) atoms. The van der Waals surface area contributed by atoms with Gasteiger partial charge in [0.15, 0.2) is 0 Å². The van der Waals surface area contributed by atoms with E-state index in [1.54, 1.807) is 0 Å². The smallest absolute Gasteiger partial charge is 0.0767 e. The van der Waals surface area contributed by atoms with Gasteiger partial charge in [-0.15, -0.1) is 5.53 Å². The minimum atomic E-state index is 0.995. The molecule has 0 spiro atoms. The van der Waals surface area contributed by atoms with E-state index in [4.69, 9.17) is 0 Å². The van der Waals surface area contributed by atoms with Gasteiger partial charge in [-0.25, -0.2) is 0 Å². The summed E-state index contributed by atoms with van der Waals surface area (Å²) in [4.78, 5) is 0. The van der Waals surface area contributed by atoms with Crippen LogP contribution in [-0.4, -0.2) is 5.01 Å². The molecule has 0 saturated carbocycles. The predicted molar refractivity (Wildman–Crippen MR) is 88.5 cm³/mol. The van der Waals surface area contributed by atoms with Crippen molar-refractivity contribution in [1.82, 2.24) is 10.5 Å². The Bertz CT molecular complexity index is 861. The first-order valence-electron chi connectivity index (χ1n) is 7.52. The van der Waals surface area contributed by atoms with Crippen molar-refractivity contribution >= 4 is 5.69 Å². The SMILES string of the molecule is C1=CC2=CN(c3cccc4c3Cc3ccccc3-4)NN2C=C1. The number of rotatable bonds is 1. The average Bonchev–Trinajstić information content (AvgIpc) is 3.15. The number of allylic oxidation sites excluding steroid dienone is 3. The van der Waals surface area contributed by atoms with Crippen molar-refractivity contribution in [2.24, 2.45) is 0 Å². The fourth-order valence-electron chi connectivity index (χ4n) is 3.42. The van der Waals surface area contributed by atoms with Crippen LogP contribution in [0.4, 0.5) is 5.69 Å². The van der Waals surface area contributed by atoms with E-state index >= 15 is 0 Å². The number of fused-ring (bicyclic) bond motifs is 4. The first-order valence-corrected chi connectivity index (χ1v) is 7.52. The standard InChI is InChI=1S/C19H15N3/c1-2-8-16-14(6-1)12-18-17(16)9-5-10-19(18)22-13-15-7-3-4-11-21(15)20-22/h1-11,13,20H,12H2. The summed E-state index contributed by atoms with van der Waals surface area (Å²) in [7, 11) is 0. The number of benzene rings is 2. The second-order valence-electron chi connectivity index (χ2n) is 5.73. The summed E-state index contributed by atoms with van der Waals surface area (Å²) in [6.45, 7) is 0. The molecule has 0 unspecified atom stereocenters. The molecule has 2 aromatic carbocycles. The van der Waals surface area contributed by atoms with Crippen LogP contribution in [-0.2, 0) is 6.42 Å². The molecule has 0 fully saturated rings. The average molecular weight is 285 g/mol. The van der Waals surface area contributed by atoms with Crippen LogP contribution < -0.4 is 10.5 Å². The maximum absolute atomic E-state index is 3.40. The maximum Gasteiger partial charge on any atom is 0.0767 e. The van der Waals surface area contributed by atoms with Crippen LogP contribution in [0.5, 0.6) is 0 Å². The molecule has 3 heteroatoms. The van der Waals surface area contributed by atoms with Gasteiger partial charge in [-0.05, 0) is 40.5 Å². The third-order valence-corrected chi connectivity index (χ3v) is 4.45. The zero-order valence-electron chi connectivity index (χ0n) is 12.0. The zero-order chi connectivity index (χ0) is 14.5. The van der Waals surface area contributed by atoms with E-state index in [1.807, 2.05) is 17.3 Å². The van der Waals surface area contributed by atoms with Gasteiger partial charge >= 0.3 is 0 Å². The number of nitrogens with zero attached hydrogens (tertiary/aromatic N) is 2. The van der Waals surface area contributed by atoms with Crippen molar-refractivity contribution < 1.29 is 0 Å². The Labute approximate surface area is 129 Å². The molecular weight excluding hydrogens is 270 g/mol. The van der Waals surface area contributed by atoms with Gasteiger partial charge in [0.05, 0.1) is 11.4 Å². The second-order valence-corrected chi connectivity index (χ2v) is 5.73. The Hall–Kier alpha value is -2.78. The van der Waals surface area contributed by atoms with Crippen molar-refractivity contribution in [2.75, 3.05) is 5.01 Å². The van der Waals surface area contributed by atoms with Crippen LogP contribution in [0.3, 0.4) is 0 Å². The Morgan fingerprint density at radius 1 is 0.864 bits per heavy atom. The summed E-state index contributed by atoms with van der Waals surface area (Å²) in [6.07, 6.45) is 11.3. The summed E-state index contributed by atoms with van der Waals surface area (Å²) >= 11 is 0. The fraction of sp³-hybridized carbons (Fsp3) is 0.0526. The summed E-state index contributed by atoms with van der Waals surface area (Å²) in [5, 5.41) is 4.14. The van der Waals surface area contributed by atoms with Crippen molar-refractivity contribution in [3.05, 3.63) is 89.9 Å². The van der Waals surface area contributed by atoms with Crippen LogP contribution in [0.2, 0.25) is 0 Å². The van der Waals surface area contributed by atoms with E-state index in [0.717, 1.165) is 12.1 Å². The molecule has 2 aliphatic heterocycles. The summed E-state index contributed by atoms with van der Waals surface area (Å²) in [5.74, 6) is 0. The Morgan fingerprint density at radius 3 is 2.73 bits per heavy atom.